The fourth-order valence-electron chi connectivity index (χ4n) is 1.46. The van der Waals surface area contributed by atoms with Crippen LogP contribution >= 0.6 is 11.6 Å². The van der Waals surface area contributed by atoms with Gasteiger partial charge in [0.15, 0.2) is 5.65 Å². The first-order valence-corrected chi connectivity index (χ1v) is 5.62. The summed E-state index contributed by atoms with van der Waals surface area (Å²) in [6.07, 6.45) is 1.65. The van der Waals surface area contributed by atoms with Crippen molar-refractivity contribution in [2.75, 3.05) is 12.4 Å². The Labute approximate surface area is 102 Å². The lowest BCUT2D eigenvalue weighted by atomic mass is 10.5. The molecule has 0 radical (unpaired) electrons. The molecule has 17 heavy (non-hydrogen) atoms. The molecule has 0 saturated carbocycles. The van der Waals surface area contributed by atoms with Crippen molar-refractivity contribution in [2.24, 2.45) is 0 Å². The highest BCUT2D eigenvalue weighted by Gasteiger charge is 2.05. The molecule has 90 valence electrons. The Morgan fingerprint density at radius 2 is 2.29 bits per heavy atom. The molecule has 2 rings (SSSR count). The van der Waals surface area contributed by atoms with Crippen LogP contribution in [0.1, 0.15) is 0 Å². The average molecular weight is 255 g/mol. The molecule has 0 spiro atoms. The van der Waals surface area contributed by atoms with Crippen LogP contribution < -0.4 is 11.0 Å². The molecule has 0 aliphatic heterocycles. The molecule has 0 saturated heterocycles. The number of nitrogens with one attached hydrogen (secondary N) is 1. The van der Waals surface area contributed by atoms with E-state index in [2.05, 4.69) is 10.4 Å². The maximum atomic E-state index is 11.8. The van der Waals surface area contributed by atoms with Crippen LogP contribution in [0.5, 0.6) is 0 Å². The molecule has 0 aliphatic rings. The Hall–Kier alpha value is -1.82. The van der Waals surface area contributed by atoms with Gasteiger partial charge in [0.05, 0.1) is 6.54 Å². The van der Waals surface area contributed by atoms with E-state index in [1.807, 2.05) is 0 Å². The molecule has 2 aromatic rings. The number of alkyl halides is 1. The minimum absolute atomic E-state index is 0.0833. The van der Waals surface area contributed by atoms with Crippen LogP contribution in [0.4, 0.5) is 0 Å². The summed E-state index contributed by atoms with van der Waals surface area (Å²) in [5.74, 6) is -0.344. The minimum Gasteiger partial charge on any atom is -0.353 e. The van der Waals surface area contributed by atoms with Crippen LogP contribution in [0.15, 0.2) is 29.2 Å². The third-order valence-corrected chi connectivity index (χ3v) is 2.50. The number of carbonyl (C=O) groups excluding carboxylic acids is 1. The molecule has 0 atom stereocenters. The van der Waals surface area contributed by atoms with E-state index >= 15 is 0 Å². The fraction of sp³-hybridized carbons (Fsp3) is 0.300. The Morgan fingerprint density at radius 3 is 3.00 bits per heavy atom. The first-order chi connectivity index (χ1) is 8.22. The van der Waals surface area contributed by atoms with Gasteiger partial charge < -0.3 is 5.32 Å². The van der Waals surface area contributed by atoms with Crippen LogP contribution in [0, 0.1) is 0 Å². The van der Waals surface area contributed by atoms with Crippen molar-refractivity contribution in [1.29, 1.82) is 0 Å². The second-order valence-electron chi connectivity index (χ2n) is 3.42. The molecule has 2 heterocycles. The highest BCUT2D eigenvalue weighted by Crippen LogP contribution is 1.94. The first-order valence-electron chi connectivity index (χ1n) is 5.09. The number of hydrogen-bond acceptors (Lipinski definition) is 3. The Kier molecular flexibility index (Phi) is 3.43. The van der Waals surface area contributed by atoms with Crippen molar-refractivity contribution in [3.05, 3.63) is 34.9 Å². The molecule has 0 unspecified atom stereocenters. The van der Waals surface area contributed by atoms with Gasteiger partial charge in [-0.05, 0) is 12.1 Å². The third kappa shape index (κ3) is 2.47. The lowest BCUT2D eigenvalue weighted by Crippen LogP contribution is -2.31. The van der Waals surface area contributed by atoms with Crippen molar-refractivity contribution >= 4 is 23.2 Å². The zero-order valence-electron chi connectivity index (χ0n) is 8.97. The van der Waals surface area contributed by atoms with Crippen LogP contribution in [-0.2, 0) is 11.3 Å². The van der Waals surface area contributed by atoms with Crippen LogP contribution in [0.3, 0.4) is 0 Å². The standard InChI is InChI=1S/C10H11ClN4O2/c11-7-9(16)12-4-6-15-10(17)14-5-2-1-3-8(14)13-15/h1-3,5H,4,6-7H2,(H,12,16). The van der Waals surface area contributed by atoms with E-state index in [-0.39, 0.29) is 17.5 Å². The number of halogens is 1. The number of fused-ring (bicyclic) bond motifs is 1. The monoisotopic (exact) mass is 254 g/mol. The van der Waals surface area contributed by atoms with Crippen molar-refractivity contribution in [2.45, 2.75) is 6.54 Å². The van der Waals surface area contributed by atoms with E-state index in [4.69, 9.17) is 11.6 Å². The van der Waals surface area contributed by atoms with Gasteiger partial charge >= 0.3 is 5.69 Å². The maximum Gasteiger partial charge on any atom is 0.350 e. The Bertz CT molecular complexity index is 589. The van der Waals surface area contributed by atoms with Gasteiger partial charge in [-0.3, -0.25) is 9.20 Å². The molecule has 0 bridgehead atoms. The molecule has 0 fully saturated rings. The van der Waals surface area contributed by atoms with Crippen molar-refractivity contribution in [3.8, 4) is 0 Å². The number of nitrogens with zero attached hydrogens (tertiary/aromatic N) is 3. The lowest BCUT2D eigenvalue weighted by molar-refractivity contribution is -0.118. The molecule has 6 nitrogen and oxygen atoms in total. The number of amides is 1. The predicted octanol–water partition coefficient (Wildman–Crippen LogP) is -0.149. The number of pyridine rings is 1. The number of rotatable bonds is 4. The number of aromatic nitrogens is 3. The normalized spacial score (nSPS) is 10.6. The summed E-state index contributed by atoms with van der Waals surface area (Å²) in [5.41, 5.74) is 0.363. The molecule has 7 heteroatoms. The molecular formula is C10H11ClN4O2. The van der Waals surface area contributed by atoms with Gasteiger partial charge in [-0.15, -0.1) is 16.7 Å². The summed E-state index contributed by atoms with van der Waals surface area (Å²) in [4.78, 5) is 22.7. The van der Waals surface area contributed by atoms with Crippen molar-refractivity contribution in [1.82, 2.24) is 19.5 Å². The summed E-state index contributed by atoms with van der Waals surface area (Å²) < 4.78 is 2.76. The predicted molar refractivity (Wildman–Crippen MR) is 63.2 cm³/mol. The van der Waals surface area contributed by atoms with Gasteiger partial charge in [0.25, 0.3) is 0 Å². The molecule has 0 aromatic carbocycles. The maximum absolute atomic E-state index is 11.8. The zero-order valence-corrected chi connectivity index (χ0v) is 9.72. The summed E-state index contributed by atoms with van der Waals surface area (Å²) in [5, 5.41) is 6.69. The van der Waals surface area contributed by atoms with Crippen LogP contribution in [0.25, 0.3) is 5.65 Å². The molecular weight excluding hydrogens is 244 g/mol. The van der Waals surface area contributed by atoms with Gasteiger partial charge in [0.2, 0.25) is 5.91 Å². The van der Waals surface area contributed by atoms with Crippen molar-refractivity contribution < 1.29 is 4.79 Å². The Balaban J connectivity index is 2.11. The lowest BCUT2D eigenvalue weighted by Gasteiger charge is -2.01. The fourth-order valence-corrected chi connectivity index (χ4v) is 1.56. The zero-order chi connectivity index (χ0) is 12.3. The van der Waals surface area contributed by atoms with Crippen LogP contribution in [-0.4, -0.2) is 32.5 Å². The Morgan fingerprint density at radius 1 is 1.47 bits per heavy atom. The number of carbonyl (C=O) groups is 1. The van der Waals surface area contributed by atoms with E-state index in [0.29, 0.717) is 18.7 Å². The van der Waals surface area contributed by atoms with Gasteiger partial charge in [-0.25, -0.2) is 9.48 Å². The smallest absolute Gasteiger partial charge is 0.350 e. The summed E-state index contributed by atoms with van der Waals surface area (Å²) in [7, 11) is 0. The van der Waals surface area contributed by atoms with E-state index in [1.165, 1.54) is 9.08 Å². The van der Waals surface area contributed by atoms with E-state index < -0.39 is 0 Å². The quantitative estimate of drug-likeness (QED) is 0.772. The largest absolute Gasteiger partial charge is 0.353 e. The topological polar surface area (TPSA) is 68.4 Å². The van der Waals surface area contributed by atoms with Crippen molar-refractivity contribution in [3.63, 3.8) is 0 Å². The molecule has 0 aliphatic carbocycles. The molecule has 1 N–H and O–H groups in total. The summed E-state index contributed by atoms with van der Waals surface area (Å²) in [6, 6.07) is 5.31. The molecule has 2 aromatic heterocycles. The second-order valence-corrected chi connectivity index (χ2v) is 3.69. The minimum atomic E-state index is -0.261. The second kappa shape index (κ2) is 5.01. The van der Waals surface area contributed by atoms with Gasteiger partial charge in [0, 0.05) is 12.7 Å². The molecule has 1 amide bonds. The SMILES string of the molecule is O=C(CCl)NCCn1nc2ccccn2c1=O. The third-order valence-electron chi connectivity index (χ3n) is 2.26. The number of hydrogen-bond donors (Lipinski definition) is 1. The van der Waals surface area contributed by atoms with E-state index in [1.54, 1.807) is 24.4 Å². The van der Waals surface area contributed by atoms with Crippen LogP contribution in [0.2, 0.25) is 0 Å². The highest BCUT2D eigenvalue weighted by atomic mass is 35.5. The van der Waals surface area contributed by atoms with E-state index in [0.717, 1.165) is 0 Å². The van der Waals surface area contributed by atoms with Gasteiger partial charge in [-0.1, -0.05) is 6.07 Å². The first kappa shape index (κ1) is 11.7. The van der Waals surface area contributed by atoms with Gasteiger partial charge in [-0.2, -0.15) is 0 Å². The average Bonchev–Trinajstić information content (AvgIpc) is 2.67. The van der Waals surface area contributed by atoms with E-state index in [9.17, 15) is 9.59 Å². The van der Waals surface area contributed by atoms with Gasteiger partial charge in [0.1, 0.15) is 5.88 Å². The highest BCUT2D eigenvalue weighted by molar-refractivity contribution is 6.27. The summed E-state index contributed by atoms with van der Waals surface area (Å²) in [6.45, 7) is 0.651. The summed E-state index contributed by atoms with van der Waals surface area (Å²) >= 11 is 5.33.